The highest BCUT2D eigenvalue weighted by Gasteiger charge is 2.24. The second-order valence-electron chi connectivity index (χ2n) is 6.75. The third-order valence-corrected chi connectivity index (χ3v) is 4.97. The van der Waals surface area contributed by atoms with Crippen LogP contribution < -0.4 is 0 Å². The highest BCUT2D eigenvalue weighted by atomic mass is 16.5. The van der Waals surface area contributed by atoms with Crippen LogP contribution in [0.2, 0.25) is 0 Å². The van der Waals surface area contributed by atoms with E-state index in [1.165, 1.54) is 5.56 Å². The van der Waals surface area contributed by atoms with Crippen molar-refractivity contribution in [2.75, 3.05) is 19.7 Å². The first-order valence-corrected chi connectivity index (χ1v) is 9.14. The van der Waals surface area contributed by atoms with Crippen LogP contribution in [0.1, 0.15) is 17.5 Å². The second kappa shape index (κ2) is 7.70. The Kier molecular flexibility index (Phi) is 4.97. The number of nitrogens with one attached hydrogen (secondary N) is 1. The standard InChI is InChI=1S/C21H23N3O2/c25-20(13-17-14-23-21-19(17)7-4-10-22-21)24-11-12-26-18(15-24)9-8-16-5-2-1-3-6-16/h1-7,10,14,18H,8-9,11-13,15H2,(H,22,23). The molecule has 1 unspecified atom stereocenters. The number of amides is 1. The lowest BCUT2D eigenvalue weighted by atomic mass is 10.1. The number of aryl methyl sites for hydroxylation is 1. The molecule has 1 aliphatic heterocycles. The van der Waals surface area contributed by atoms with E-state index in [2.05, 4.69) is 34.2 Å². The number of hydrogen-bond donors (Lipinski definition) is 1. The first kappa shape index (κ1) is 16.8. The van der Waals surface area contributed by atoms with Gasteiger partial charge in [-0.1, -0.05) is 30.3 Å². The van der Waals surface area contributed by atoms with Crippen molar-refractivity contribution in [1.82, 2.24) is 14.9 Å². The fraction of sp³-hybridized carbons (Fsp3) is 0.333. The maximum absolute atomic E-state index is 12.8. The number of aromatic nitrogens is 2. The molecule has 1 fully saturated rings. The molecule has 3 aromatic rings. The Hall–Kier alpha value is -2.66. The van der Waals surface area contributed by atoms with Gasteiger partial charge in [0.15, 0.2) is 0 Å². The molecule has 1 aliphatic rings. The van der Waals surface area contributed by atoms with Crippen LogP contribution in [0.3, 0.4) is 0 Å². The Morgan fingerprint density at radius 3 is 3.00 bits per heavy atom. The van der Waals surface area contributed by atoms with Crippen molar-refractivity contribution in [2.45, 2.75) is 25.4 Å². The van der Waals surface area contributed by atoms with E-state index in [0.717, 1.165) is 29.4 Å². The van der Waals surface area contributed by atoms with Crippen molar-refractivity contribution in [2.24, 2.45) is 0 Å². The maximum Gasteiger partial charge on any atom is 0.227 e. The minimum absolute atomic E-state index is 0.109. The summed E-state index contributed by atoms with van der Waals surface area (Å²) < 4.78 is 5.88. The lowest BCUT2D eigenvalue weighted by Crippen LogP contribution is -2.46. The molecule has 0 radical (unpaired) electrons. The molecule has 26 heavy (non-hydrogen) atoms. The lowest BCUT2D eigenvalue weighted by Gasteiger charge is -2.33. The largest absolute Gasteiger partial charge is 0.375 e. The number of hydrogen-bond acceptors (Lipinski definition) is 3. The summed E-state index contributed by atoms with van der Waals surface area (Å²) in [4.78, 5) is 22.1. The van der Waals surface area contributed by atoms with Crippen LogP contribution in [-0.2, 0) is 22.4 Å². The number of benzene rings is 1. The number of nitrogens with zero attached hydrogens (tertiary/aromatic N) is 2. The van der Waals surface area contributed by atoms with Crippen molar-refractivity contribution >= 4 is 16.9 Å². The van der Waals surface area contributed by atoms with Gasteiger partial charge in [-0.2, -0.15) is 0 Å². The number of morpholine rings is 1. The number of rotatable bonds is 5. The third kappa shape index (κ3) is 3.78. The van der Waals surface area contributed by atoms with Gasteiger partial charge in [-0.15, -0.1) is 0 Å². The molecule has 134 valence electrons. The summed E-state index contributed by atoms with van der Waals surface area (Å²) in [5.74, 6) is 0.155. The summed E-state index contributed by atoms with van der Waals surface area (Å²) in [6.45, 7) is 1.95. The number of carbonyl (C=O) groups is 1. The van der Waals surface area contributed by atoms with E-state index in [9.17, 15) is 4.79 Å². The summed E-state index contributed by atoms with van der Waals surface area (Å²) in [6, 6.07) is 14.3. The summed E-state index contributed by atoms with van der Waals surface area (Å²) >= 11 is 0. The van der Waals surface area contributed by atoms with Gasteiger partial charge in [0, 0.05) is 30.9 Å². The Morgan fingerprint density at radius 2 is 2.12 bits per heavy atom. The molecule has 0 aliphatic carbocycles. The van der Waals surface area contributed by atoms with Gasteiger partial charge >= 0.3 is 0 Å². The number of aromatic amines is 1. The second-order valence-corrected chi connectivity index (χ2v) is 6.75. The van der Waals surface area contributed by atoms with E-state index in [0.29, 0.717) is 26.1 Å². The molecule has 1 N–H and O–H groups in total. The minimum atomic E-state index is 0.109. The van der Waals surface area contributed by atoms with Crippen molar-refractivity contribution < 1.29 is 9.53 Å². The van der Waals surface area contributed by atoms with Crippen LogP contribution in [0.4, 0.5) is 0 Å². The molecule has 5 nitrogen and oxygen atoms in total. The molecule has 3 heterocycles. The first-order valence-electron chi connectivity index (χ1n) is 9.14. The molecule has 0 saturated carbocycles. The fourth-order valence-electron chi connectivity index (χ4n) is 3.53. The van der Waals surface area contributed by atoms with Gasteiger partial charge in [0.25, 0.3) is 0 Å². The van der Waals surface area contributed by atoms with Crippen LogP contribution in [0, 0.1) is 0 Å². The molecule has 4 rings (SSSR count). The van der Waals surface area contributed by atoms with Crippen molar-refractivity contribution in [3.8, 4) is 0 Å². The highest BCUT2D eigenvalue weighted by Crippen LogP contribution is 2.18. The summed E-state index contributed by atoms with van der Waals surface area (Å²) in [6.07, 6.45) is 6.06. The van der Waals surface area contributed by atoms with Crippen LogP contribution in [-0.4, -0.2) is 46.6 Å². The van der Waals surface area contributed by atoms with Gasteiger partial charge in [0.1, 0.15) is 5.65 Å². The molecule has 1 amide bonds. The number of carbonyl (C=O) groups excluding carboxylic acids is 1. The molecular formula is C21H23N3O2. The van der Waals surface area contributed by atoms with Gasteiger partial charge in [-0.3, -0.25) is 4.79 Å². The number of fused-ring (bicyclic) bond motifs is 1. The quantitative estimate of drug-likeness (QED) is 0.770. The minimum Gasteiger partial charge on any atom is -0.375 e. The van der Waals surface area contributed by atoms with Crippen molar-refractivity contribution in [1.29, 1.82) is 0 Å². The van der Waals surface area contributed by atoms with Crippen LogP contribution in [0.25, 0.3) is 11.0 Å². The smallest absolute Gasteiger partial charge is 0.227 e. The fourth-order valence-corrected chi connectivity index (χ4v) is 3.53. The molecule has 1 aromatic carbocycles. The zero-order chi connectivity index (χ0) is 17.8. The first-order chi connectivity index (χ1) is 12.8. The Balaban J connectivity index is 1.35. The average molecular weight is 349 g/mol. The summed E-state index contributed by atoms with van der Waals surface area (Å²) in [7, 11) is 0. The normalized spacial score (nSPS) is 17.5. The van der Waals surface area contributed by atoms with Gasteiger partial charge in [0.2, 0.25) is 5.91 Å². The van der Waals surface area contributed by atoms with Gasteiger partial charge in [-0.05, 0) is 36.1 Å². The Labute approximate surface area is 153 Å². The zero-order valence-corrected chi connectivity index (χ0v) is 14.7. The monoisotopic (exact) mass is 349 g/mol. The topological polar surface area (TPSA) is 58.2 Å². The molecule has 2 aromatic heterocycles. The van der Waals surface area contributed by atoms with Crippen LogP contribution in [0.5, 0.6) is 0 Å². The SMILES string of the molecule is O=C(Cc1c[nH]c2ncccc12)N1CCOC(CCc2ccccc2)C1. The molecule has 0 spiro atoms. The van der Waals surface area contributed by atoms with E-state index >= 15 is 0 Å². The van der Waals surface area contributed by atoms with E-state index in [1.54, 1.807) is 6.20 Å². The average Bonchev–Trinajstić information content (AvgIpc) is 3.10. The maximum atomic E-state index is 12.8. The summed E-state index contributed by atoms with van der Waals surface area (Å²) in [5.41, 5.74) is 3.15. The highest BCUT2D eigenvalue weighted by molar-refractivity contribution is 5.87. The molecule has 5 heteroatoms. The van der Waals surface area contributed by atoms with E-state index in [4.69, 9.17) is 4.74 Å². The Morgan fingerprint density at radius 1 is 1.23 bits per heavy atom. The number of pyridine rings is 1. The summed E-state index contributed by atoms with van der Waals surface area (Å²) in [5, 5.41) is 1.02. The number of ether oxygens (including phenoxy) is 1. The molecule has 0 bridgehead atoms. The molecule has 1 saturated heterocycles. The molecule has 1 atom stereocenters. The molecular weight excluding hydrogens is 326 g/mol. The van der Waals surface area contributed by atoms with E-state index in [1.807, 2.05) is 29.3 Å². The van der Waals surface area contributed by atoms with Gasteiger partial charge in [-0.25, -0.2) is 4.98 Å². The number of H-pyrrole nitrogens is 1. The third-order valence-electron chi connectivity index (χ3n) is 4.97. The van der Waals surface area contributed by atoms with Crippen LogP contribution >= 0.6 is 0 Å². The van der Waals surface area contributed by atoms with Crippen LogP contribution in [0.15, 0.2) is 54.9 Å². The van der Waals surface area contributed by atoms with E-state index in [-0.39, 0.29) is 12.0 Å². The lowest BCUT2D eigenvalue weighted by molar-refractivity contribution is -0.138. The predicted molar refractivity (Wildman–Crippen MR) is 101 cm³/mol. The zero-order valence-electron chi connectivity index (χ0n) is 14.7. The Bertz CT molecular complexity index is 875. The van der Waals surface area contributed by atoms with Gasteiger partial charge in [0.05, 0.1) is 19.1 Å². The van der Waals surface area contributed by atoms with E-state index < -0.39 is 0 Å². The van der Waals surface area contributed by atoms with Crippen molar-refractivity contribution in [3.63, 3.8) is 0 Å². The van der Waals surface area contributed by atoms with Crippen molar-refractivity contribution in [3.05, 3.63) is 66.0 Å². The predicted octanol–water partition coefficient (Wildman–Crippen LogP) is 2.97. The van der Waals surface area contributed by atoms with Gasteiger partial charge < -0.3 is 14.6 Å².